The molecule has 0 N–H and O–H groups in total. The molecule has 0 radical (unpaired) electrons. The Bertz CT molecular complexity index is 14.9. The molecule has 1 saturated heterocycles. The van der Waals surface area contributed by atoms with Crippen molar-refractivity contribution in [2.45, 2.75) is 6.42 Å². The molecule has 0 amide bonds. The first-order valence-corrected chi connectivity index (χ1v) is 1.58. The molecule has 0 aliphatic carbocycles. The molecule has 5 heavy (non-hydrogen) atoms. The lowest BCUT2D eigenvalue weighted by Gasteiger charge is -2.09. The lowest BCUT2D eigenvalue weighted by atomic mass is 10.4. The van der Waals surface area contributed by atoms with E-state index in [1.54, 1.807) is 0 Å². The van der Waals surface area contributed by atoms with Crippen LogP contribution in [0.2, 0.25) is 0 Å². The second-order valence-electron chi connectivity index (χ2n) is 0.966. The fraction of sp³-hybridized carbons (Fsp3) is 1.00. The molecule has 0 saturated carbocycles. The summed E-state index contributed by atoms with van der Waals surface area (Å²) in [6.45, 7) is 2.00. The molecule has 0 aromatic carbocycles. The smallest absolute Gasteiger partial charge is 0.0488 e. The molecular formula is C3H8OS. The molecule has 1 heterocycles. The van der Waals surface area contributed by atoms with Crippen LogP contribution in [0.5, 0.6) is 0 Å². The summed E-state index contributed by atoms with van der Waals surface area (Å²) in [6.07, 6.45) is 1.28. The summed E-state index contributed by atoms with van der Waals surface area (Å²) in [7, 11) is 0. The van der Waals surface area contributed by atoms with E-state index in [-0.39, 0.29) is 13.5 Å². The highest BCUT2D eigenvalue weighted by Gasteiger charge is 1.94. The third-order valence-corrected chi connectivity index (χ3v) is 0.577. The van der Waals surface area contributed by atoms with Gasteiger partial charge >= 0.3 is 0 Å². The van der Waals surface area contributed by atoms with Crippen molar-refractivity contribution >= 4 is 13.5 Å². The van der Waals surface area contributed by atoms with Crippen LogP contribution >= 0.6 is 13.5 Å². The maximum Gasteiger partial charge on any atom is 0.0488 e. The van der Waals surface area contributed by atoms with Gasteiger partial charge in [-0.05, 0) is 6.42 Å². The minimum absolute atomic E-state index is 0. The van der Waals surface area contributed by atoms with Crippen molar-refractivity contribution in [3.63, 3.8) is 0 Å². The predicted octanol–water partition coefficient (Wildman–Crippen LogP) is 0.519. The Hall–Kier alpha value is 0.310. The van der Waals surface area contributed by atoms with E-state index in [0.717, 1.165) is 13.2 Å². The van der Waals surface area contributed by atoms with E-state index in [1.165, 1.54) is 6.42 Å². The van der Waals surface area contributed by atoms with Gasteiger partial charge in [0, 0.05) is 13.2 Å². The summed E-state index contributed by atoms with van der Waals surface area (Å²) in [5.74, 6) is 0. The zero-order chi connectivity index (χ0) is 2.83. The first-order valence-electron chi connectivity index (χ1n) is 1.58. The standard InChI is InChI=1S/C3H6O.H2S/c1-2-4-3-1;/h1-3H2;1H2. The van der Waals surface area contributed by atoms with E-state index >= 15 is 0 Å². The molecule has 0 atom stereocenters. The van der Waals surface area contributed by atoms with Gasteiger partial charge in [0.05, 0.1) is 0 Å². The van der Waals surface area contributed by atoms with Gasteiger partial charge in [0.15, 0.2) is 0 Å². The Morgan fingerprint density at radius 1 is 1.20 bits per heavy atom. The SMILES string of the molecule is C1COC1.S. The highest BCUT2D eigenvalue weighted by molar-refractivity contribution is 7.59. The first-order chi connectivity index (χ1) is 2.00. The minimum Gasteiger partial charge on any atom is -0.381 e. The van der Waals surface area contributed by atoms with Crippen LogP contribution in [-0.2, 0) is 4.74 Å². The highest BCUT2D eigenvalue weighted by atomic mass is 32.1. The third kappa shape index (κ3) is 1.24. The molecule has 2 heteroatoms. The van der Waals surface area contributed by atoms with Crippen LogP contribution < -0.4 is 0 Å². The molecule has 1 nitrogen and oxygen atoms in total. The van der Waals surface area contributed by atoms with Crippen LogP contribution in [0.1, 0.15) is 6.42 Å². The molecule has 0 spiro atoms. The van der Waals surface area contributed by atoms with Crippen molar-refractivity contribution in [1.29, 1.82) is 0 Å². The van der Waals surface area contributed by atoms with Gasteiger partial charge < -0.3 is 4.74 Å². The van der Waals surface area contributed by atoms with Crippen LogP contribution in [0.25, 0.3) is 0 Å². The van der Waals surface area contributed by atoms with Crippen LogP contribution in [-0.4, -0.2) is 13.2 Å². The normalized spacial score (nSPS) is 19.2. The minimum atomic E-state index is 0. The lowest BCUT2D eigenvalue weighted by Crippen LogP contribution is -2.09. The van der Waals surface area contributed by atoms with E-state index in [1.807, 2.05) is 0 Å². The summed E-state index contributed by atoms with van der Waals surface area (Å²) >= 11 is 0. The molecular weight excluding hydrogens is 84.1 g/mol. The maximum absolute atomic E-state index is 4.72. The fourth-order valence-electron chi connectivity index (χ4n) is 0.144. The van der Waals surface area contributed by atoms with Gasteiger partial charge in [-0.2, -0.15) is 13.5 Å². The third-order valence-electron chi connectivity index (χ3n) is 0.577. The Balaban J connectivity index is 0.000000160. The van der Waals surface area contributed by atoms with E-state index in [2.05, 4.69) is 0 Å². The largest absolute Gasteiger partial charge is 0.381 e. The molecule has 1 aliphatic rings. The predicted molar refractivity (Wildman–Crippen MR) is 25.8 cm³/mol. The van der Waals surface area contributed by atoms with E-state index in [9.17, 15) is 0 Å². The van der Waals surface area contributed by atoms with Crippen molar-refractivity contribution < 1.29 is 4.74 Å². The van der Waals surface area contributed by atoms with Crippen molar-refractivity contribution in [2.75, 3.05) is 13.2 Å². The Kier molecular flexibility index (Phi) is 2.70. The molecule has 0 aromatic heterocycles. The second kappa shape index (κ2) is 2.54. The van der Waals surface area contributed by atoms with Crippen molar-refractivity contribution in [1.82, 2.24) is 0 Å². The summed E-state index contributed by atoms with van der Waals surface area (Å²) in [5.41, 5.74) is 0. The van der Waals surface area contributed by atoms with Crippen LogP contribution in [0.3, 0.4) is 0 Å². The van der Waals surface area contributed by atoms with E-state index in [4.69, 9.17) is 4.74 Å². The summed E-state index contributed by atoms with van der Waals surface area (Å²) < 4.78 is 4.72. The summed E-state index contributed by atoms with van der Waals surface area (Å²) in [6, 6.07) is 0. The van der Waals surface area contributed by atoms with Gasteiger partial charge in [0.1, 0.15) is 0 Å². The molecule has 1 aliphatic heterocycles. The van der Waals surface area contributed by atoms with Gasteiger partial charge in [-0.15, -0.1) is 0 Å². The zero-order valence-electron chi connectivity index (χ0n) is 3.03. The fourth-order valence-corrected chi connectivity index (χ4v) is 0.144. The molecule has 0 aromatic rings. The Morgan fingerprint density at radius 3 is 1.40 bits per heavy atom. The van der Waals surface area contributed by atoms with Crippen molar-refractivity contribution in [3.8, 4) is 0 Å². The van der Waals surface area contributed by atoms with Gasteiger partial charge in [-0.25, -0.2) is 0 Å². The van der Waals surface area contributed by atoms with Crippen molar-refractivity contribution in [3.05, 3.63) is 0 Å². The topological polar surface area (TPSA) is 9.23 Å². The number of ether oxygens (including phenoxy) is 1. The average molecular weight is 92.2 g/mol. The molecule has 0 unspecified atom stereocenters. The molecule has 1 rings (SSSR count). The summed E-state index contributed by atoms with van der Waals surface area (Å²) in [5, 5.41) is 0. The number of hydrogen-bond donors (Lipinski definition) is 0. The van der Waals surface area contributed by atoms with Crippen LogP contribution in [0.15, 0.2) is 0 Å². The number of hydrogen-bond acceptors (Lipinski definition) is 1. The Morgan fingerprint density at radius 2 is 1.40 bits per heavy atom. The number of rotatable bonds is 0. The van der Waals surface area contributed by atoms with Crippen LogP contribution in [0, 0.1) is 0 Å². The van der Waals surface area contributed by atoms with Gasteiger partial charge in [-0.3, -0.25) is 0 Å². The van der Waals surface area contributed by atoms with Crippen LogP contribution in [0.4, 0.5) is 0 Å². The second-order valence-corrected chi connectivity index (χ2v) is 0.966. The monoisotopic (exact) mass is 92.0 g/mol. The first kappa shape index (κ1) is 5.31. The summed E-state index contributed by atoms with van der Waals surface area (Å²) in [4.78, 5) is 0. The molecule has 0 bridgehead atoms. The average Bonchev–Trinajstić information content (AvgIpc) is 0.722. The highest BCUT2D eigenvalue weighted by Crippen LogP contribution is 1.92. The molecule has 1 fully saturated rings. The zero-order valence-corrected chi connectivity index (χ0v) is 4.03. The van der Waals surface area contributed by atoms with E-state index < -0.39 is 0 Å². The van der Waals surface area contributed by atoms with Gasteiger partial charge in [0.25, 0.3) is 0 Å². The Labute approximate surface area is 38.8 Å². The molecule has 32 valence electrons. The maximum atomic E-state index is 4.72. The van der Waals surface area contributed by atoms with Gasteiger partial charge in [0.2, 0.25) is 0 Å². The lowest BCUT2D eigenvalue weighted by molar-refractivity contribution is 0.0367. The van der Waals surface area contributed by atoms with Crippen molar-refractivity contribution in [2.24, 2.45) is 0 Å². The van der Waals surface area contributed by atoms with E-state index in [0.29, 0.717) is 0 Å². The quantitative estimate of drug-likeness (QED) is 0.423. The van der Waals surface area contributed by atoms with Gasteiger partial charge in [-0.1, -0.05) is 0 Å².